The Hall–Kier alpha value is -7.54. The Kier molecular flexibility index (Phi) is 12.3. The van der Waals surface area contributed by atoms with Crippen LogP contribution in [-0.4, -0.2) is 6.85 Å². The Labute approximate surface area is 527 Å². The van der Waals surface area contributed by atoms with Crippen LogP contribution in [0.2, 0.25) is 0 Å². The van der Waals surface area contributed by atoms with Crippen molar-refractivity contribution in [2.45, 2.75) is 181 Å². The summed E-state index contributed by atoms with van der Waals surface area (Å²) < 4.78 is 9.92. The maximum absolute atomic E-state index is 7.40. The topological polar surface area (TPSA) is 22.9 Å². The number of thiophene rings is 1. The van der Waals surface area contributed by atoms with Crippen LogP contribution in [-0.2, 0) is 37.9 Å². The smallest absolute Gasteiger partial charge is 0.333 e. The molecule has 444 valence electrons. The van der Waals surface area contributed by atoms with Crippen molar-refractivity contribution in [3.05, 3.63) is 203 Å². The fourth-order valence-electron chi connectivity index (χ4n) is 15.7. The zero-order chi connectivity index (χ0) is 61.7. The second-order valence-electron chi connectivity index (χ2n) is 32.4. The van der Waals surface area contributed by atoms with Crippen molar-refractivity contribution in [2.24, 2.45) is 0 Å². The number of fused-ring (bicyclic) bond motifs is 13. The Morgan fingerprint density at radius 3 is 1.53 bits per heavy atom. The summed E-state index contributed by atoms with van der Waals surface area (Å²) in [6.45, 7) is 40.4. The molecule has 88 heavy (non-hydrogen) atoms. The van der Waals surface area contributed by atoms with E-state index < -0.39 is 0 Å². The molecule has 0 radical (unpaired) electrons. The third kappa shape index (κ3) is 8.79. The molecule has 0 spiro atoms. The van der Waals surface area contributed by atoms with Crippen molar-refractivity contribution in [2.75, 3.05) is 14.6 Å². The molecule has 11 aromatic rings. The Balaban J connectivity index is 1.03. The molecular weight excluding hydrogens is 1090 g/mol. The number of rotatable bonds is 5. The van der Waals surface area contributed by atoms with E-state index in [9.17, 15) is 0 Å². The fourth-order valence-corrected chi connectivity index (χ4v) is 16.9. The number of furan rings is 1. The number of benzene rings is 9. The number of nitrogens with zero attached hydrogens (tertiary/aromatic N) is 3. The number of hydrogen-bond acceptors (Lipinski definition) is 5. The van der Waals surface area contributed by atoms with Gasteiger partial charge < -0.3 is 19.0 Å². The van der Waals surface area contributed by atoms with Crippen molar-refractivity contribution in [3.8, 4) is 11.1 Å². The first-order valence-corrected chi connectivity index (χ1v) is 33.3. The van der Waals surface area contributed by atoms with E-state index >= 15 is 0 Å². The summed E-state index contributed by atoms with van der Waals surface area (Å²) in [5.41, 5.74) is 26.4. The number of hydrogen-bond donors (Lipinski definition) is 0. The van der Waals surface area contributed by atoms with Crippen LogP contribution in [0, 0.1) is 0 Å². The molecule has 0 atom stereocenters. The van der Waals surface area contributed by atoms with E-state index in [1.807, 2.05) is 11.3 Å². The first-order chi connectivity index (χ1) is 41.5. The molecule has 2 aromatic heterocycles. The van der Waals surface area contributed by atoms with Crippen LogP contribution in [0.4, 0.5) is 45.5 Å². The molecule has 2 aliphatic heterocycles. The van der Waals surface area contributed by atoms with Gasteiger partial charge in [-0.25, -0.2) is 0 Å². The summed E-state index contributed by atoms with van der Waals surface area (Å²) in [6, 6.07) is 64.5. The summed E-state index contributed by atoms with van der Waals surface area (Å²) in [4.78, 5) is 7.89. The van der Waals surface area contributed by atoms with Gasteiger partial charge in [0.25, 0.3) is 0 Å². The average molecular weight is 1170 g/mol. The van der Waals surface area contributed by atoms with E-state index in [0.717, 1.165) is 58.3 Å². The lowest BCUT2D eigenvalue weighted by molar-refractivity contribution is 0.332. The molecule has 4 heterocycles. The van der Waals surface area contributed by atoms with Gasteiger partial charge >= 0.3 is 6.85 Å². The molecule has 4 aliphatic rings. The van der Waals surface area contributed by atoms with Crippen LogP contribution < -0.4 is 25.5 Å². The third-order valence-electron chi connectivity index (χ3n) is 21.4. The van der Waals surface area contributed by atoms with Gasteiger partial charge in [-0.1, -0.05) is 190 Å². The van der Waals surface area contributed by atoms with Gasteiger partial charge in [0, 0.05) is 87.6 Å². The highest BCUT2D eigenvalue weighted by Crippen LogP contribution is 2.57. The molecule has 0 saturated carbocycles. The van der Waals surface area contributed by atoms with Crippen LogP contribution in [0.25, 0.3) is 53.2 Å². The van der Waals surface area contributed by atoms with Gasteiger partial charge in [-0.05, 0) is 204 Å². The van der Waals surface area contributed by atoms with Crippen molar-refractivity contribution < 1.29 is 4.42 Å². The molecule has 2 aliphatic carbocycles. The summed E-state index contributed by atoms with van der Waals surface area (Å²) in [5, 5.41) is 4.81. The van der Waals surface area contributed by atoms with Crippen molar-refractivity contribution in [3.63, 3.8) is 0 Å². The number of para-hydroxylation sites is 1. The summed E-state index contributed by atoms with van der Waals surface area (Å²) in [7, 11) is 0. The summed E-state index contributed by atoms with van der Waals surface area (Å²) in [5.74, 6) is 0. The lowest BCUT2D eigenvalue weighted by Gasteiger charge is -2.49. The second-order valence-corrected chi connectivity index (χ2v) is 33.4. The van der Waals surface area contributed by atoms with Gasteiger partial charge in [0.15, 0.2) is 0 Å². The zero-order valence-corrected chi connectivity index (χ0v) is 56.0. The minimum Gasteiger partial charge on any atom is -0.455 e. The Morgan fingerprint density at radius 2 is 0.943 bits per heavy atom. The molecule has 15 rings (SSSR count). The Bertz CT molecular complexity index is 4630. The standard InChI is InChI=1S/C82H86BN3OS/c1-76(2,3)49-22-28-52(29-23-49)84(53-30-24-50(25-31-53)77(4,5)6)56-34-36-58-59-44-61-67(48-72(59)88-71(58)43-56)86(54-32-26-51(27-33-54)78(7,8)9)83-66-46-64-65(82(16,17)41-40-81(64,14)15)47-68(66)85(55-35-37-62-63(42-55)80(12,13)39-38-79(62,10)11)69-45-60-57-20-18-19-21-70(57)87-75(60)73(61)74(69)83/h18-37,42-48H,38-41H2,1-17H3. The van der Waals surface area contributed by atoms with Gasteiger partial charge in [0.05, 0.1) is 0 Å². The zero-order valence-electron chi connectivity index (χ0n) is 55.2. The first kappa shape index (κ1) is 56.9. The molecular formula is C82H86BN3OS. The molecule has 0 N–H and O–H groups in total. The van der Waals surface area contributed by atoms with Gasteiger partial charge in [-0.2, -0.15) is 0 Å². The van der Waals surface area contributed by atoms with E-state index in [4.69, 9.17) is 4.42 Å². The van der Waals surface area contributed by atoms with E-state index in [0.29, 0.717) is 0 Å². The van der Waals surface area contributed by atoms with Gasteiger partial charge in [0.2, 0.25) is 0 Å². The minimum absolute atomic E-state index is 0.0113. The second kappa shape index (κ2) is 19.0. The van der Waals surface area contributed by atoms with Crippen molar-refractivity contribution in [1.29, 1.82) is 0 Å². The number of anilines is 8. The summed E-state index contributed by atoms with van der Waals surface area (Å²) in [6.07, 6.45) is 4.59. The molecule has 0 unspecified atom stereocenters. The minimum atomic E-state index is -0.192. The summed E-state index contributed by atoms with van der Waals surface area (Å²) >= 11 is 1.91. The molecule has 6 heteroatoms. The molecule has 0 bridgehead atoms. The lowest BCUT2D eigenvalue weighted by Crippen LogP contribution is -2.62. The third-order valence-corrected chi connectivity index (χ3v) is 22.6. The molecule has 0 saturated heterocycles. The van der Waals surface area contributed by atoms with E-state index in [1.54, 1.807) is 0 Å². The van der Waals surface area contributed by atoms with Crippen LogP contribution in [0.1, 0.15) is 182 Å². The first-order valence-electron chi connectivity index (χ1n) is 32.5. The maximum atomic E-state index is 7.40. The predicted molar refractivity (Wildman–Crippen MR) is 382 cm³/mol. The van der Waals surface area contributed by atoms with E-state index in [-0.39, 0.29) is 44.8 Å². The van der Waals surface area contributed by atoms with Gasteiger partial charge in [-0.15, -0.1) is 11.3 Å². The normalized spacial score (nSPS) is 17.3. The lowest BCUT2D eigenvalue weighted by atomic mass is 9.42. The quantitative estimate of drug-likeness (QED) is 0.160. The van der Waals surface area contributed by atoms with Crippen LogP contribution in [0.3, 0.4) is 0 Å². The van der Waals surface area contributed by atoms with E-state index in [1.165, 1.54) is 116 Å². The SMILES string of the molecule is CC(C)(C)c1ccc(N2B3c4cc5c(cc4N(c4ccc6c(c4)C(C)(C)CCC6(C)C)c4cc6c(oc7ccccc76)c(c43)-c3cc4c(cc32)sc2cc(N(c3ccc(C(C)(C)C)cc3)c3ccc(C(C)(C)C)cc3)ccc24)C(C)(C)CCC5(C)C)cc1. The highest BCUT2D eigenvalue weighted by Gasteiger charge is 2.50. The predicted octanol–water partition coefficient (Wildman–Crippen LogP) is 22.7. The highest BCUT2D eigenvalue weighted by atomic mass is 32.1. The van der Waals surface area contributed by atoms with Crippen LogP contribution >= 0.6 is 11.3 Å². The average Bonchev–Trinajstić information content (AvgIpc) is 1.07. The molecule has 0 fully saturated rings. The van der Waals surface area contributed by atoms with Crippen LogP contribution in [0.5, 0.6) is 0 Å². The van der Waals surface area contributed by atoms with Crippen molar-refractivity contribution in [1.82, 2.24) is 0 Å². The molecule has 0 amide bonds. The van der Waals surface area contributed by atoms with Gasteiger partial charge in [0.1, 0.15) is 11.2 Å². The molecule has 9 aromatic carbocycles. The largest absolute Gasteiger partial charge is 0.455 e. The van der Waals surface area contributed by atoms with E-state index in [2.05, 4.69) is 296 Å². The van der Waals surface area contributed by atoms with Crippen molar-refractivity contribution >= 4 is 117 Å². The van der Waals surface area contributed by atoms with Crippen LogP contribution in [0.15, 0.2) is 168 Å². The highest BCUT2D eigenvalue weighted by molar-refractivity contribution is 7.26. The maximum Gasteiger partial charge on any atom is 0.333 e. The van der Waals surface area contributed by atoms with Gasteiger partial charge in [-0.3, -0.25) is 0 Å². The Morgan fingerprint density at radius 1 is 0.432 bits per heavy atom. The molecule has 4 nitrogen and oxygen atoms in total. The fraction of sp³-hybridized carbons (Fsp3) is 0.341. The monoisotopic (exact) mass is 1170 g/mol.